The van der Waals surface area contributed by atoms with Crippen molar-refractivity contribution in [3.05, 3.63) is 59.4 Å². The van der Waals surface area contributed by atoms with Crippen LogP contribution in [0.3, 0.4) is 0 Å². The summed E-state index contributed by atoms with van der Waals surface area (Å²) in [5.41, 5.74) is 1.70. The number of hydrogen-bond acceptors (Lipinski definition) is 2. The molecular formula is C16H16FNO2. The Bertz CT molecular complexity index is 626. The van der Waals surface area contributed by atoms with Crippen molar-refractivity contribution in [1.82, 2.24) is 0 Å². The van der Waals surface area contributed by atoms with Crippen LogP contribution in [0, 0.1) is 5.82 Å². The van der Waals surface area contributed by atoms with Gasteiger partial charge in [0, 0.05) is 5.69 Å². The summed E-state index contributed by atoms with van der Waals surface area (Å²) in [6, 6.07) is 11.5. The molecule has 20 heavy (non-hydrogen) atoms. The number of rotatable bonds is 5. The third kappa shape index (κ3) is 2.96. The van der Waals surface area contributed by atoms with Crippen LogP contribution in [0.1, 0.15) is 29.3 Å². The Kier molecular flexibility index (Phi) is 4.35. The third-order valence-electron chi connectivity index (χ3n) is 3.04. The van der Waals surface area contributed by atoms with Crippen molar-refractivity contribution in [2.45, 2.75) is 19.8 Å². The summed E-state index contributed by atoms with van der Waals surface area (Å²) in [5.74, 6) is -1.73. The van der Waals surface area contributed by atoms with Crippen LogP contribution >= 0.6 is 0 Å². The van der Waals surface area contributed by atoms with Crippen LogP contribution in [0.25, 0.3) is 0 Å². The highest BCUT2D eigenvalue weighted by atomic mass is 19.1. The van der Waals surface area contributed by atoms with Gasteiger partial charge in [0.15, 0.2) is 0 Å². The normalized spacial score (nSPS) is 10.3. The zero-order chi connectivity index (χ0) is 14.5. The van der Waals surface area contributed by atoms with E-state index in [4.69, 9.17) is 5.11 Å². The van der Waals surface area contributed by atoms with Crippen LogP contribution in [-0.2, 0) is 6.42 Å². The number of hydrogen-bond donors (Lipinski definition) is 2. The van der Waals surface area contributed by atoms with E-state index in [1.165, 1.54) is 18.2 Å². The first-order chi connectivity index (χ1) is 9.63. The topological polar surface area (TPSA) is 49.3 Å². The lowest BCUT2D eigenvalue weighted by atomic mass is 10.1. The molecule has 0 fully saturated rings. The van der Waals surface area contributed by atoms with Crippen molar-refractivity contribution in [3.8, 4) is 0 Å². The van der Waals surface area contributed by atoms with Gasteiger partial charge < -0.3 is 10.4 Å². The van der Waals surface area contributed by atoms with Gasteiger partial charge in [-0.1, -0.05) is 37.6 Å². The first-order valence-electron chi connectivity index (χ1n) is 6.50. The average Bonchev–Trinajstić information content (AvgIpc) is 2.43. The molecule has 0 spiro atoms. The predicted octanol–water partition coefficient (Wildman–Crippen LogP) is 4.22. The van der Waals surface area contributed by atoms with Gasteiger partial charge >= 0.3 is 5.97 Å². The van der Waals surface area contributed by atoms with Crippen LogP contribution in [0.2, 0.25) is 0 Å². The number of aromatic carboxylic acids is 1. The molecule has 0 heterocycles. The number of halogens is 1. The molecule has 0 aromatic heterocycles. The summed E-state index contributed by atoms with van der Waals surface area (Å²) < 4.78 is 13.9. The Morgan fingerprint density at radius 3 is 2.65 bits per heavy atom. The molecule has 104 valence electrons. The SMILES string of the molecule is CCCc1ccccc1Nc1c(F)cccc1C(=O)O. The maximum atomic E-state index is 13.9. The van der Waals surface area contributed by atoms with Gasteiger partial charge in [-0.25, -0.2) is 9.18 Å². The van der Waals surface area contributed by atoms with E-state index in [1.54, 1.807) is 0 Å². The molecule has 0 amide bonds. The Morgan fingerprint density at radius 2 is 1.95 bits per heavy atom. The van der Waals surface area contributed by atoms with Crippen molar-refractivity contribution in [2.75, 3.05) is 5.32 Å². The highest BCUT2D eigenvalue weighted by molar-refractivity contribution is 5.95. The summed E-state index contributed by atoms with van der Waals surface area (Å²) in [7, 11) is 0. The van der Waals surface area contributed by atoms with Crippen molar-refractivity contribution < 1.29 is 14.3 Å². The quantitative estimate of drug-likeness (QED) is 0.857. The van der Waals surface area contributed by atoms with Gasteiger partial charge in [0.2, 0.25) is 0 Å². The largest absolute Gasteiger partial charge is 0.478 e. The van der Waals surface area contributed by atoms with Gasteiger partial charge in [0.05, 0.1) is 11.3 Å². The van der Waals surface area contributed by atoms with E-state index in [-0.39, 0.29) is 11.3 Å². The molecule has 0 saturated heterocycles. The lowest BCUT2D eigenvalue weighted by Gasteiger charge is -2.14. The standard InChI is InChI=1S/C16H16FNO2/c1-2-6-11-7-3-4-10-14(11)18-15-12(16(19)20)8-5-9-13(15)17/h3-5,7-10,18H,2,6H2,1H3,(H,19,20). The Morgan fingerprint density at radius 1 is 1.20 bits per heavy atom. The first-order valence-corrected chi connectivity index (χ1v) is 6.50. The zero-order valence-electron chi connectivity index (χ0n) is 11.2. The molecular weight excluding hydrogens is 257 g/mol. The minimum Gasteiger partial charge on any atom is -0.478 e. The second-order valence-electron chi connectivity index (χ2n) is 4.50. The molecule has 0 saturated carbocycles. The summed E-state index contributed by atoms with van der Waals surface area (Å²) in [4.78, 5) is 11.2. The minimum absolute atomic E-state index is 0.00329. The van der Waals surface area contributed by atoms with E-state index >= 15 is 0 Å². The summed E-state index contributed by atoms with van der Waals surface area (Å²) >= 11 is 0. The number of nitrogens with one attached hydrogen (secondary N) is 1. The lowest BCUT2D eigenvalue weighted by molar-refractivity contribution is 0.0697. The summed E-state index contributed by atoms with van der Waals surface area (Å²) in [6.07, 6.45) is 1.81. The first kappa shape index (κ1) is 14.1. The molecule has 0 unspecified atom stereocenters. The van der Waals surface area contributed by atoms with Gasteiger partial charge in [-0.15, -0.1) is 0 Å². The van der Waals surface area contributed by atoms with E-state index < -0.39 is 11.8 Å². The van der Waals surface area contributed by atoms with Gasteiger partial charge in [-0.2, -0.15) is 0 Å². The van der Waals surface area contributed by atoms with Crippen LogP contribution in [0.5, 0.6) is 0 Å². The Labute approximate surface area is 117 Å². The molecule has 0 bridgehead atoms. The molecule has 4 heteroatoms. The predicted molar refractivity (Wildman–Crippen MR) is 77.1 cm³/mol. The monoisotopic (exact) mass is 273 g/mol. The van der Waals surface area contributed by atoms with Crippen LogP contribution in [0.4, 0.5) is 15.8 Å². The van der Waals surface area contributed by atoms with Crippen molar-refractivity contribution in [1.29, 1.82) is 0 Å². The molecule has 2 N–H and O–H groups in total. The fourth-order valence-corrected chi connectivity index (χ4v) is 2.09. The molecule has 0 aliphatic rings. The Balaban J connectivity index is 2.42. The van der Waals surface area contributed by atoms with Crippen molar-refractivity contribution in [3.63, 3.8) is 0 Å². The molecule has 3 nitrogen and oxygen atoms in total. The van der Waals surface area contributed by atoms with E-state index in [9.17, 15) is 9.18 Å². The van der Waals surface area contributed by atoms with E-state index in [2.05, 4.69) is 12.2 Å². The van der Waals surface area contributed by atoms with Gasteiger partial charge in [0.1, 0.15) is 5.82 Å². The fourth-order valence-electron chi connectivity index (χ4n) is 2.09. The Hall–Kier alpha value is -2.36. The van der Waals surface area contributed by atoms with Crippen molar-refractivity contribution >= 4 is 17.3 Å². The molecule has 2 aromatic rings. The second kappa shape index (κ2) is 6.19. The smallest absolute Gasteiger partial charge is 0.337 e. The van der Waals surface area contributed by atoms with E-state index in [1.807, 2.05) is 24.3 Å². The highest BCUT2D eigenvalue weighted by Crippen LogP contribution is 2.27. The summed E-state index contributed by atoms with van der Waals surface area (Å²) in [6.45, 7) is 2.06. The van der Waals surface area contributed by atoms with E-state index in [0.29, 0.717) is 0 Å². The van der Waals surface area contributed by atoms with Crippen molar-refractivity contribution in [2.24, 2.45) is 0 Å². The number of carboxylic acids is 1. The van der Waals surface area contributed by atoms with Gasteiger partial charge in [-0.05, 0) is 30.2 Å². The molecule has 2 aromatic carbocycles. The number of anilines is 2. The zero-order valence-corrected chi connectivity index (χ0v) is 11.2. The summed E-state index contributed by atoms with van der Waals surface area (Å²) in [5, 5.41) is 12.1. The highest BCUT2D eigenvalue weighted by Gasteiger charge is 2.15. The van der Waals surface area contributed by atoms with Crippen LogP contribution in [0.15, 0.2) is 42.5 Å². The third-order valence-corrected chi connectivity index (χ3v) is 3.04. The molecule has 0 aliphatic carbocycles. The number of benzene rings is 2. The van der Waals surface area contributed by atoms with E-state index in [0.717, 1.165) is 24.1 Å². The number of carbonyl (C=O) groups is 1. The fraction of sp³-hybridized carbons (Fsp3) is 0.188. The van der Waals surface area contributed by atoms with Crippen LogP contribution in [-0.4, -0.2) is 11.1 Å². The maximum absolute atomic E-state index is 13.9. The number of para-hydroxylation sites is 2. The maximum Gasteiger partial charge on any atom is 0.337 e. The average molecular weight is 273 g/mol. The lowest BCUT2D eigenvalue weighted by Crippen LogP contribution is -2.06. The number of aryl methyl sites for hydroxylation is 1. The minimum atomic E-state index is -1.15. The molecule has 0 aliphatic heterocycles. The molecule has 0 radical (unpaired) electrons. The van der Waals surface area contributed by atoms with Gasteiger partial charge in [-0.3, -0.25) is 0 Å². The molecule has 0 atom stereocenters. The second-order valence-corrected chi connectivity index (χ2v) is 4.50. The molecule has 2 rings (SSSR count). The van der Waals surface area contributed by atoms with Crippen LogP contribution < -0.4 is 5.32 Å². The van der Waals surface area contributed by atoms with Gasteiger partial charge in [0.25, 0.3) is 0 Å². The number of carboxylic acid groups (broad SMARTS) is 1.